The molecule has 6 nitrogen and oxygen atoms in total. The van der Waals surface area contributed by atoms with Crippen LogP contribution in [0.5, 0.6) is 0 Å². The summed E-state index contributed by atoms with van der Waals surface area (Å²) in [4.78, 5) is 14.5. The van der Waals surface area contributed by atoms with E-state index in [1.165, 1.54) is 17.7 Å². The number of nitrogens with one attached hydrogen (secondary N) is 1. The van der Waals surface area contributed by atoms with Gasteiger partial charge in [-0.1, -0.05) is 32.9 Å². The topological polar surface area (TPSA) is 71.3 Å². The van der Waals surface area contributed by atoms with Gasteiger partial charge in [0.25, 0.3) is 0 Å². The van der Waals surface area contributed by atoms with Crippen LogP contribution in [0.15, 0.2) is 52.9 Å². The number of amides is 2. The number of halogens is 3. The summed E-state index contributed by atoms with van der Waals surface area (Å²) in [6.45, 7) is 7.43. The van der Waals surface area contributed by atoms with E-state index < -0.39 is 11.7 Å². The number of hydrogen-bond donors (Lipinski definition) is 1. The number of carbonyl (C=O) groups excluding carboxylic acids is 1. The number of anilines is 1. The van der Waals surface area contributed by atoms with Gasteiger partial charge in [-0.25, -0.2) is 4.79 Å². The van der Waals surface area contributed by atoms with Gasteiger partial charge in [0.1, 0.15) is 0 Å². The minimum Gasteiger partial charge on any atom is -0.420 e. The summed E-state index contributed by atoms with van der Waals surface area (Å²) in [7, 11) is 0. The third-order valence-electron chi connectivity index (χ3n) is 5.96. The third kappa shape index (κ3) is 5.40. The van der Waals surface area contributed by atoms with Crippen LogP contribution < -0.4 is 5.32 Å². The number of piperidine rings is 1. The molecule has 1 aliphatic heterocycles. The van der Waals surface area contributed by atoms with E-state index in [2.05, 4.69) is 36.3 Å². The molecule has 1 N–H and O–H groups in total. The lowest BCUT2D eigenvalue weighted by atomic mass is 9.87. The zero-order valence-electron chi connectivity index (χ0n) is 19.3. The van der Waals surface area contributed by atoms with E-state index in [9.17, 15) is 18.0 Å². The molecule has 1 saturated heterocycles. The van der Waals surface area contributed by atoms with Crippen LogP contribution in [0.2, 0.25) is 0 Å². The first-order valence-corrected chi connectivity index (χ1v) is 11.2. The zero-order chi connectivity index (χ0) is 24.5. The summed E-state index contributed by atoms with van der Waals surface area (Å²) >= 11 is 0. The van der Waals surface area contributed by atoms with Crippen LogP contribution in [0.1, 0.15) is 56.5 Å². The molecule has 1 unspecified atom stereocenters. The number of hydrogen-bond acceptors (Lipinski definition) is 4. The zero-order valence-corrected chi connectivity index (χ0v) is 19.3. The minimum absolute atomic E-state index is 0.0337. The van der Waals surface area contributed by atoms with Crippen LogP contribution in [-0.4, -0.2) is 34.2 Å². The van der Waals surface area contributed by atoms with Crippen molar-refractivity contribution in [3.8, 4) is 11.5 Å². The smallest absolute Gasteiger partial charge is 0.416 e. The Kier molecular flexibility index (Phi) is 6.38. The first-order chi connectivity index (χ1) is 16.0. The van der Waals surface area contributed by atoms with E-state index in [1.807, 2.05) is 24.3 Å². The molecular formula is C25H27F3N4O2. The molecule has 0 spiro atoms. The first-order valence-electron chi connectivity index (χ1n) is 11.2. The maximum absolute atomic E-state index is 12.8. The molecule has 2 aromatic carbocycles. The van der Waals surface area contributed by atoms with Crippen molar-refractivity contribution in [3.63, 3.8) is 0 Å². The molecule has 0 radical (unpaired) electrons. The average molecular weight is 473 g/mol. The van der Waals surface area contributed by atoms with Gasteiger partial charge in [-0.15, -0.1) is 10.2 Å². The molecule has 180 valence electrons. The fourth-order valence-electron chi connectivity index (χ4n) is 3.94. The second-order valence-electron chi connectivity index (χ2n) is 9.56. The number of urea groups is 1. The van der Waals surface area contributed by atoms with Gasteiger partial charge in [-0.3, -0.25) is 0 Å². The van der Waals surface area contributed by atoms with Crippen LogP contribution in [0.3, 0.4) is 0 Å². The average Bonchev–Trinajstić information content (AvgIpc) is 3.29. The van der Waals surface area contributed by atoms with Crippen LogP contribution in [0, 0.1) is 0 Å². The number of nitrogens with zero attached hydrogens (tertiary/aromatic N) is 3. The van der Waals surface area contributed by atoms with E-state index in [0.29, 0.717) is 24.5 Å². The summed E-state index contributed by atoms with van der Waals surface area (Å²) in [6, 6.07) is 12.2. The van der Waals surface area contributed by atoms with Crippen molar-refractivity contribution in [2.75, 3.05) is 18.4 Å². The summed E-state index contributed by atoms with van der Waals surface area (Å²) in [5, 5.41) is 11.0. The lowest BCUT2D eigenvalue weighted by molar-refractivity contribution is -0.137. The van der Waals surface area contributed by atoms with E-state index >= 15 is 0 Å². The lowest BCUT2D eigenvalue weighted by Gasteiger charge is -2.31. The number of rotatable bonds is 3. The quantitative estimate of drug-likeness (QED) is 0.475. The predicted octanol–water partition coefficient (Wildman–Crippen LogP) is 6.46. The fourth-order valence-corrected chi connectivity index (χ4v) is 3.94. The van der Waals surface area contributed by atoms with Crippen molar-refractivity contribution in [1.29, 1.82) is 0 Å². The standard InChI is InChI=1S/C25H27F3N4O2/c1-24(2,3)18-10-12-20(13-11-18)29-23(33)32-14-4-5-17(15-32)22-31-30-21(34-22)16-6-8-19(9-7-16)25(26,27)28/h6-13,17H,4-5,14-15H2,1-3H3,(H,29,33). The van der Waals surface area contributed by atoms with Crippen LogP contribution in [0.25, 0.3) is 11.5 Å². The van der Waals surface area contributed by atoms with Gasteiger partial charge >= 0.3 is 12.2 Å². The minimum atomic E-state index is -4.40. The molecule has 1 atom stereocenters. The molecule has 3 aromatic rings. The Hall–Kier alpha value is -3.36. The summed E-state index contributed by atoms with van der Waals surface area (Å²) in [5.74, 6) is 0.393. The first kappa shape index (κ1) is 23.8. The van der Waals surface area contributed by atoms with E-state index in [0.717, 1.165) is 30.7 Å². The number of aromatic nitrogens is 2. The highest BCUT2D eigenvalue weighted by atomic mass is 19.4. The molecule has 0 saturated carbocycles. The summed E-state index contributed by atoms with van der Waals surface area (Å²) < 4.78 is 44.1. The summed E-state index contributed by atoms with van der Waals surface area (Å²) in [5.41, 5.74) is 1.62. The number of benzene rings is 2. The molecule has 1 fully saturated rings. The Morgan fingerprint density at radius 1 is 1.00 bits per heavy atom. The SMILES string of the molecule is CC(C)(C)c1ccc(NC(=O)N2CCCC(c3nnc(-c4ccc(C(F)(F)F)cc4)o3)C2)cc1. The van der Waals surface area contributed by atoms with Gasteiger partial charge in [0.2, 0.25) is 11.8 Å². The molecule has 4 rings (SSSR count). The Labute approximate surface area is 196 Å². The van der Waals surface area contributed by atoms with Crippen molar-refractivity contribution >= 4 is 11.7 Å². The van der Waals surface area contributed by atoms with E-state index in [4.69, 9.17) is 4.42 Å². The molecule has 2 amide bonds. The maximum Gasteiger partial charge on any atom is 0.416 e. The van der Waals surface area contributed by atoms with Crippen molar-refractivity contribution in [2.45, 2.75) is 51.1 Å². The highest BCUT2D eigenvalue weighted by molar-refractivity contribution is 5.89. The van der Waals surface area contributed by atoms with E-state index in [1.54, 1.807) is 4.90 Å². The lowest BCUT2D eigenvalue weighted by Crippen LogP contribution is -2.41. The largest absolute Gasteiger partial charge is 0.420 e. The fraction of sp³-hybridized carbons (Fsp3) is 0.400. The Morgan fingerprint density at radius 2 is 1.65 bits per heavy atom. The normalized spacial score (nSPS) is 17.0. The molecule has 0 aliphatic carbocycles. The molecule has 2 heterocycles. The number of likely N-dealkylation sites (tertiary alicyclic amines) is 1. The summed E-state index contributed by atoms with van der Waals surface area (Å²) in [6.07, 6.45) is -2.85. The Balaban J connectivity index is 1.40. The third-order valence-corrected chi connectivity index (χ3v) is 5.96. The Morgan fingerprint density at radius 3 is 2.26 bits per heavy atom. The predicted molar refractivity (Wildman–Crippen MR) is 122 cm³/mol. The van der Waals surface area contributed by atoms with Crippen LogP contribution in [-0.2, 0) is 11.6 Å². The van der Waals surface area contributed by atoms with Crippen molar-refractivity contribution in [2.24, 2.45) is 0 Å². The second kappa shape index (κ2) is 9.12. The number of carbonyl (C=O) groups is 1. The van der Waals surface area contributed by atoms with Gasteiger partial charge in [0.05, 0.1) is 11.5 Å². The van der Waals surface area contributed by atoms with Gasteiger partial charge in [0, 0.05) is 24.3 Å². The second-order valence-corrected chi connectivity index (χ2v) is 9.56. The monoisotopic (exact) mass is 472 g/mol. The van der Waals surface area contributed by atoms with E-state index in [-0.39, 0.29) is 23.3 Å². The Bertz CT molecular complexity index is 1130. The van der Waals surface area contributed by atoms with Crippen LogP contribution >= 0.6 is 0 Å². The molecule has 9 heteroatoms. The number of alkyl halides is 3. The van der Waals surface area contributed by atoms with Crippen molar-refractivity contribution in [3.05, 3.63) is 65.5 Å². The molecular weight excluding hydrogens is 445 g/mol. The van der Waals surface area contributed by atoms with Crippen LogP contribution in [0.4, 0.5) is 23.7 Å². The van der Waals surface area contributed by atoms with Gasteiger partial charge < -0.3 is 14.6 Å². The van der Waals surface area contributed by atoms with Gasteiger partial charge in [-0.2, -0.15) is 13.2 Å². The molecule has 1 aromatic heterocycles. The molecule has 0 bridgehead atoms. The molecule has 1 aliphatic rings. The molecule has 34 heavy (non-hydrogen) atoms. The highest BCUT2D eigenvalue weighted by Gasteiger charge is 2.31. The van der Waals surface area contributed by atoms with Crippen molar-refractivity contribution < 1.29 is 22.4 Å². The highest BCUT2D eigenvalue weighted by Crippen LogP contribution is 2.32. The van der Waals surface area contributed by atoms with Gasteiger partial charge in [-0.05, 0) is 60.2 Å². The maximum atomic E-state index is 12.8. The van der Waals surface area contributed by atoms with Crippen molar-refractivity contribution in [1.82, 2.24) is 15.1 Å². The van der Waals surface area contributed by atoms with Gasteiger partial charge in [0.15, 0.2) is 0 Å².